The Balaban J connectivity index is 1.70. The van der Waals surface area contributed by atoms with E-state index in [1.807, 2.05) is 49.4 Å². The van der Waals surface area contributed by atoms with Crippen LogP contribution in [0.15, 0.2) is 59.1 Å². The predicted molar refractivity (Wildman–Crippen MR) is 112 cm³/mol. The Morgan fingerprint density at radius 2 is 1.89 bits per heavy atom. The van der Waals surface area contributed by atoms with Gasteiger partial charge in [-0.2, -0.15) is 0 Å². The lowest BCUT2D eigenvalue weighted by Gasteiger charge is -2.11. The maximum atomic E-state index is 11.8. The van der Waals surface area contributed by atoms with Crippen molar-refractivity contribution in [2.45, 2.75) is 6.92 Å². The Kier molecular flexibility index (Phi) is 7.97. The molecule has 0 unspecified atom stereocenters. The molecule has 0 aliphatic carbocycles. The molecule has 2 amide bonds. The quantitative estimate of drug-likeness (QED) is 0.373. The minimum absolute atomic E-state index is 0.0254. The van der Waals surface area contributed by atoms with Crippen molar-refractivity contribution in [2.24, 2.45) is 0 Å². The van der Waals surface area contributed by atoms with Crippen molar-refractivity contribution in [2.75, 3.05) is 6.61 Å². The highest BCUT2D eigenvalue weighted by atomic mass is 79.9. The number of hydrogen-bond donors (Lipinski definition) is 3. The molecule has 2 rings (SSSR count). The van der Waals surface area contributed by atoms with E-state index in [0.29, 0.717) is 5.75 Å². The molecule has 27 heavy (non-hydrogen) atoms. The third-order valence-electron chi connectivity index (χ3n) is 3.23. The molecule has 0 atom stereocenters. The van der Waals surface area contributed by atoms with E-state index in [1.54, 1.807) is 12.1 Å². The third kappa shape index (κ3) is 7.59. The Bertz CT molecular complexity index is 857. The monoisotopic (exact) mass is 447 g/mol. The number of aryl methyl sites for hydroxylation is 1. The van der Waals surface area contributed by atoms with Crippen LogP contribution in [0.4, 0.5) is 0 Å². The molecule has 6 nitrogen and oxygen atoms in total. The summed E-state index contributed by atoms with van der Waals surface area (Å²) in [5, 5.41) is 2.40. The molecular formula is C19H18BrN3O3S. The minimum atomic E-state index is -0.445. The molecule has 0 fully saturated rings. The van der Waals surface area contributed by atoms with E-state index >= 15 is 0 Å². The predicted octanol–water partition coefficient (Wildman–Crippen LogP) is 2.87. The van der Waals surface area contributed by atoms with Gasteiger partial charge in [-0.05, 0) is 64.4 Å². The summed E-state index contributed by atoms with van der Waals surface area (Å²) in [6, 6.07) is 14.9. The van der Waals surface area contributed by atoms with E-state index in [9.17, 15) is 9.59 Å². The highest BCUT2D eigenvalue weighted by molar-refractivity contribution is 9.10. The van der Waals surface area contributed by atoms with E-state index in [0.717, 1.165) is 15.6 Å². The van der Waals surface area contributed by atoms with Crippen LogP contribution >= 0.6 is 28.1 Å². The van der Waals surface area contributed by atoms with Gasteiger partial charge >= 0.3 is 0 Å². The Labute approximate surface area is 171 Å². The highest BCUT2D eigenvalue weighted by Gasteiger charge is 2.07. The topological polar surface area (TPSA) is 79.5 Å². The van der Waals surface area contributed by atoms with Gasteiger partial charge in [0.1, 0.15) is 5.75 Å². The number of carbonyl (C=O) groups excluding carboxylic acids is 2. The number of benzene rings is 2. The van der Waals surface area contributed by atoms with Crippen LogP contribution in [0.3, 0.4) is 0 Å². The van der Waals surface area contributed by atoms with Crippen LogP contribution in [-0.4, -0.2) is 23.5 Å². The van der Waals surface area contributed by atoms with Crippen molar-refractivity contribution in [3.63, 3.8) is 0 Å². The summed E-state index contributed by atoms with van der Waals surface area (Å²) < 4.78 is 6.17. The molecule has 2 aromatic carbocycles. The summed E-state index contributed by atoms with van der Waals surface area (Å²) in [5.74, 6) is -0.304. The summed E-state index contributed by atoms with van der Waals surface area (Å²) >= 11 is 8.32. The first kappa shape index (κ1) is 20.6. The van der Waals surface area contributed by atoms with Crippen LogP contribution in [0.1, 0.15) is 11.1 Å². The number of thiocarbonyl (C=S) groups is 1. The fourth-order valence-electron chi connectivity index (χ4n) is 1.95. The van der Waals surface area contributed by atoms with Gasteiger partial charge in [-0.25, -0.2) is 0 Å². The maximum absolute atomic E-state index is 11.8. The molecule has 0 radical (unpaired) electrons. The smallest absolute Gasteiger partial charge is 0.276 e. The average molecular weight is 448 g/mol. The maximum Gasteiger partial charge on any atom is 0.276 e. The van der Waals surface area contributed by atoms with Crippen molar-refractivity contribution < 1.29 is 14.3 Å². The number of rotatable bonds is 5. The van der Waals surface area contributed by atoms with Crippen molar-refractivity contribution in [1.82, 2.24) is 16.2 Å². The lowest BCUT2D eigenvalue weighted by Crippen LogP contribution is -2.49. The van der Waals surface area contributed by atoms with E-state index in [4.69, 9.17) is 17.0 Å². The van der Waals surface area contributed by atoms with Crippen LogP contribution in [0, 0.1) is 6.92 Å². The zero-order valence-corrected chi connectivity index (χ0v) is 16.9. The molecular weight excluding hydrogens is 430 g/mol. The molecule has 0 spiro atoms. The second-order valence-electron chi connectivity index (χ2n) is 5.46. The van der Waals surface area contributed by atoms with Gasteiger partial charge in [0.2, 0.25) is 5.91 Å². The zero-order chi connectivity index (χ0) is 19.6. The molecule has 0 aromatic heterocycles. The van der Waals surface area contributed by atoms with Crippen LogP contribution in [-0.2, 0) is 9.59 Å². The lowest BCUT2D eigenvalue weighted by atomic mass is 10.2. The molecule has 0 saturated carbocycles. The molecule has 8 heteroatoms. The number of amides is 2. The number of nitrogens with one attached hydrogen (secondary N) is 3. The first-order chi connectivity index (χ1) is 12.9. The lowest BCUT2D eigenvalue weighted by molar-refractivity contribution is -0.123. The number of hydrogen-bond acceptors (Lipinski definition) is 4. The van der Waals surface area contributed by atoms with E-state index in [-0.39, 0.29) is 11.7 Å². The van der Waals surface area contributed by atoms with E-state index in [1.165, 1.54) is 6.08 Å². The fraction of sp³-hybridized carbons (Fsp3) is 0.105. The van der Waals surface area contributed by atoms with Crippen LogP contribution in [0.5, 0.6) is 5.75 Å². The second kappa shape index (κ2) is 10.4. The molecule has 0 heterocycles. The molecule has 140 valence electrons. The molecule has 0 saturated heterocycles. The summed E-state index contributed by atoms with van der Waals surface area (Å²) in [7, 11) is 0. The first-order valence-electron chi connectivity index (χ1n) is 7.96. The third-order valence-corrected chi connectivity index (χ3v) is 4.05. The van der Waals surface area contributed by atoms with Gasteiger partial charge in [-0.3, -0.25) is 25.8 Å². The summed E-state index contributed by atoms with van der Waals surface area (Å²) in [4.78, 5) is 23.6. The van der Waals surface area contributed by atoms with Crippen LogP contribution in [0.25, 0.3) is 6.08 Å². The average Bonchev–Trinajstić information content (AvgIpc) is 2.65. The van der Waals surface area contributed by atoms with Crippen molar-refractivity contribution in [3.8, 4) is 5.75 Å². The summed E-state index contributed by atoms with van der Waals surface area (Å²) in [6.45, 7) is 1.74. The zero-order valence-electron chi connectivity index (χ0n) is 14.5. The Morgan fingerprint density at radius 3 is 2.59 bits per heavy atom. The summed E-state index contributed by atoms with van der Waals surface area (Å²) in [5.41, 5.74) is 6.76. The fourth-order valence-corrected chi connectivity index (χ4v) is 2.71. The van der Waals surface area contributed by atoms with Gasteiger partial charge in [0.15, 0.2) is 11.7 Å². The van der Waals surface area contributed by atoms with Gasteiger partial charge in [-0.15, -0.1) is 0 Å². The number of halogens is 1. The van der Waals surface area contributed by atoms with Crippen LogP contribution < -0.4 is 20.9 Å². The highest BCUT2D eigenvalue weighted by Crippen LogP contribution is 2.25. The Morgan fingerprint density at radius 1 is 1.15 bits per heavy atom. The second-order valence-corrected chi connectivity index (χ2v) is 6.72. The molecule has 3 N–H and O–H groups in total. The van der Waals surface area contributed by atoms with Crippen molar-refractivity contribution >= 4 is 51.2 Å². The first-order valence-corrected chi connectivity index (χ1v) is 9.16. The van der Waals surface area contributed by atoms with Gasteiger partial charge < -0.3 is 4.74 Å². The molecule has 0 aliphatic rings. The standard InChI is InChI=1S/C19H18BrN3O3S/c1-13-7-9-16(15(20)11-13)26-12-18(25)22-23-19(27)21-17(24)10-8-14-5-3-2-4-6-14/h2-11H,12H2,1H3,(H,22,25)(H2,21,23,24,27). The van der Waals surface area contributed by atoms with E-state index in [2.05, 4.69) is 32.1 Å². The molecule has 2 aromatic rings. The van der Waals surface area contributed by atoms with Crippen molar-refractivity contribution in [1.29, 1.82) is 0 Å². The van der Waals surface area contributed by atoms with Gasteiger partial charge in [-0.1, -0.05) is 36.4 Å². The minimum Gasteiger partial charge on any atom is -0.483 e. The van der Waals surface area contributed by atoms with Crippen molar-refractivity contribution in [3.05, 3.63) is 70.2 Å². The number of carbonyl (C=O) groups is 2. The molecule has 0 aliphatic heterocycles. The number of hydrazine groups is 1. The number of ether oxygens (including phenoxy) is 1. The largest absolute Gasteiger partial charge is 0.483 e. The van der Waals surface area contributed by atoms with Gasteiger partial charge in [0, 0.05) is 6.08 Å². The van der Waals surface area contributed by atoms with Gasteiger partial charge in [0.05, 0.1) is 4.47 Å². The normalized spacial score (nSPS) is 10.3. The van der Waals surface area contributed by atoms with E-state index < -0.39 is 11.8 Å². The summed E-state index contributed by atoms with van der Waals surface area (Å²) in [6.07, 6.45) is 3.01. The Hall–Kier alpha value is -2.71. The SMILES string of the molecule is Cc1ccc(OCC(=O)NNC(=S)NC(=O)C=Cc2ccccc2)c(Br)c1. The molecule has 0 bridgehead atoms. The van der Waals surface area contributed by atoms with Crippen LogP contribution in [0.2, 0.25) is 0 Å². The van der Waals surface area contributed by atoms with Gasteiger partial charge in [0.25, 0.3) is 5.91 Å².